The molecule has 0 aromatic heterocycles. The van der Waals surface area contributed by atoms with Crippen LogP contribution in [-0.2, 0) is 4.74 Å². The highest BCUT2D eigenvalue weighted by molar-refractivity contribution is 9.10. The Bertz CT molecular complexity index is 495. The van der Waals surface area contributed by atoms with Gasteiger partial charge in [-0.25, -0.2) is 0 Å². The molecule has 1 saturated heterocycles. The summed E-state index contributed by atoms with van der Waals surface area (Å²) in [6.45, 7) is 1.46. The van der Waals surface area contributed by atoms with E-state index < -0.39 is 5.91 Å². The molecule has 20 heavy (non-hydrogen) atoms. The van der Waals surface area contributed by atoms with Gasteiger partial charge in [-0.2, -0.15) is 0 Å². The maximum absolute atomic E-state index is 11.2. The third-order valence-electron chi connectivity index (χ3n) is 3.81. The van der Waals surface area contributed by atoms with E-state index in [1.54, 1.807) is 19.2 Å². The number of methoxy groups -OCH3 is 1. The molecule has 1 amide bonds. The second kappa shape index (κ2) is 6.56. The fourth-order valence-corrected chi connectivity index (χ4v) is 3.27. The van der Waals surface area contributed by atoms with Crippen LogP contribution in [0, 0.1) is 0 Å². The van der Waals surface area contributed by atoms with Crippen molar-refractivity contribution in [1.29, 1.82) is 0 Å². The molecule has 110 valence electrons. The molecule has 0 radical (unpaired) electrons. The second-order valence-electron chi connectivity index (χ2n) is 5.00. The van der Waals surface area contributed by atoms with E-state index in [-0.39, 0.29) is 12.1 Å². The van der Waals surface area contributed by atoms with E-state index in [9.17, 15) is 4.79 Å². The number of benzene rings is 1. The second-order valence-corrected chi connectivity index (χ2v) is 5.85. The normalized spacial score (nSPS) is 22.9. The Labute approximate surface area is 127 Å². The van der Waals surface area contributed by atoms with Gasteiger partial charge < -0.3 is 21.1 Å². The van der Waals surface area contributed by atoms with Crippen molar-refractivity contribution in [2.24, 2.45) is 11.5 Å². The van der Waals surface area contributed by atoms with Crippen molar-refractivity contribution in [3.05, 3.63) is 28.2 Å². The third kappa shape index (κ3) is 3.13. The molecule has 5 nitrogen and oxygen atoms in total. The summed E-state index contributed by atoms with van der Waals surface area (Å²) in [4.78, 5) is 13.5. The number of hydrogen-bond acceptors (Lipinski definition) is 4. The Morgan fingerprint density at radius 1 is 1.55 bits per heavy atom. The van der Waals surface area contributed by atoms with Crippen LogP contribution in [0.3, 0.4) is 0 Å². The van der Waals surface area contributed by atoms with Gasteiger partial charge in [-0.15, -0.1) is 0 Å². The summed E-state index contributed by atoms with van der Waals surface area (Å²) in [6, 6.07) is 5.66. The average Bonchev–Trinajstić information content (AvgIpc) is 2.46. The lowest BCUT2D eigenvalue weighted by atomic mass is 9.98. The van der Waals surface area contributed by atoms with Gasteiger partial charge in [0.2, 0.25) is 5.91 Å². The molecule has 2 rings (SSSR count). The molecule has 1 aliphatic heterocycles. The van der Waals surface area contributed by atoms with Gasteiger partial charge in [0.25, 0.3) is 0 Å². The lowest BCUT2D eigenvalue weighted by Crippen LogP contribution is -2.48. The molecule has 0 aliphatic carbocycles. The van der Waals surface area contributed by atoms with E-state index in [2.05, 4.69) is 20.8 Å². The van der Waals surface area contributed by atoms with Crippen molar-refractivity contribution < 1.29 is 9.53 Å². The van der Waals surface area contributed by atoms with Crippen molar-refractivity contribution in [2.75, 3.05) is 25.1 Å². The first-order valence-electron chi connectivity index (χ1n) is 6.65. The Kier molecular flexibility index (Phi) is 5.01. The maximum Gasteiger partial charge on any atom is 0.248 e. The highest BCUT2D eigenvalue weighted by Gasteiger charge is 2.28. The number of anilines is 1. The Balaban J connectivity index is 2.24. The molecule has 4 N–H and O–H groups in total. The molecular weight excluding hydrogens is 322 g/mol. The van der Waals surface area contributed by atoms with Gasteiger partial charge in [0.05, 0.1) is 11.8 Å². The van der Waals surface area contributed by atoms with Gasteiger partial charge in [0.15, 0.2) is 0 Å². The minimum atomic E-state index is -0.425. The van der Waals surface area contributed by atoms with Crippen LogP contribution in [0.5, 0.6) is 0 Å². The summed E-state index contributed by atoms with van der Waals surface area (Å²) in [5.41, 5.74) is 12.7. The Morgan fingerprint density at radius 3 is 2.85 bits per heavy atom. The van der Waals surface area contributed by atoms with Crippen LogP contribution in [0.25, 0.3) is 0 Å². The van der Waals surface area contributed by atoms with E-state index in [4.69, 9.17) is 16.2 Å². The van der Waals surface area contributed by atoms with E-state index >= 15 is 0 Å². The number of primary amides is 1. The standard InChI is InChI=1S/C14H20BrN3O2/c1-20-11-4-5-18(10(7-11)8-16)13-3-2-9(14(17)19)6-12(13)15/h2-3,6,10-11H,4-5,7-8,16H2,1H3,(H2,17,19). The fourth-order valence-electron chi connectivity index (χ4n) is 2.66. The first-order chi connectivity index (χ1) is 9.56. The van der Waals surface area contributed by atoms with Crippen LogP contribution < -0.4 is 16.4 Å². The van der Waals surface area contributed by atoms with Gasteiger partial charge in [-0.05, 0) is 47.0 Å². The van der Waals surface area contributed by atoms with Crippen molar-refractivity contribution in [1.82, 2.24) is 0 Å². The van der Waals surface area contributed by atoms with E-state index in [0.717, 1.165) is 29.5 Å². The topological polar surface area (TPSA) is 81.6 Å². The van der Waals surface area contributed by atoms with Gasteiger partial charge in [0, 0.05) is 36.3 Å². The number of rotatable bonds is 4. The molecule has 1 fully saturated rings. The number of nitrogens with two attached hydrogens (primary N) is 2. The molecular formula is C14H20BrN3O2. The zero-order chi connectivity index (χ0) is 14.7. The molecule has 2 unspecified atom stereocenters. The van der Waals surface area contributed by atoms with Gasteiger partial charge in [-0.3, -0.25) is 4.79 Å². The summed E-state index contributed by atoms with van der Waals surface area (Å²) in [5.74, 6) is -0.425. The molecule has 0 spiro atoms. The van der Waals surface area contributed by atoms with Crippen LogP contribution in [0.2, 0.25) is 0 Å². The zero-order valence-electron chi connectivity index (χ0n) is 11.5. The number of carbonyl (C=O) groups excluding carboxylic acids is 1. The summed E-state index contributed by atoms with van der Waals surface area (Å²) in [5, 5.41) is 0. The van der Waals surface area contributed by atoms with Crippen LogP contribution in [-0.4, -0.2) is 38.3 Å². The van der Waals surface area contributed by atoms with Gasteiger partial charge in [0.1, 0.15) is 0 Å². The fraction of sp³-hybridized carbons (Fsp3) is 0.500. The first-order valence-corrected chi connectivity index (χ1v) is 7.45. The van der Waals surface area contributed by atoms with E-state index in [0.29, 0.717) is 12.1 Å². The minimum absolute atomic E-state index is 0.240. The molecule has 2 atom stereocenters. The minimum Gasteiger partial charge on any atom is -0.381 e. The summed E-state index contributed by atoms with van der Waals surface area (Å²) >= 11 is 3.52. The molecule has 0 bridgehead atoms. The number of halogens is 1. The van der Waals surface area contributed by atoms with E-state index in [1.807, 2.05) is 6.07 Å². The monoisotopic (exact) mass is 341 g/mol. The van der Waals surface area contributed by atoms with Crippen LogP contribution in [0.4, 0.5) is 5.69 Å². The quantitative estimate of drug-likeness (QED) is 0.869. The first kappa shape index (κ1) is 15.3. The number of piperidine rings is 1. The average molecular weight is 342 g/mol. The molecule has 6 heteroatoms. The van der Waals surface area contributed by atoms with Crippen LogP contribution in [0.15, 0.2) is 22.7 Å². The van der Waals surface area contributed by atoms with Gasteiger partial charge >= 0.3 is 0 Å². The largest absolute Gasteiger partial charge is 0.381 e. The molecule has 0 saturated carbocycles. The molecule has 1 aromatic rings. The lowest BCUT2D eigenvalue weighted by molar-refractivity contribution is 0.0709. The predicted octanol–water partition coefficient (Wildman–Crippen LogP) is 1.49. The molecule has 1 aromatic carbocycles. The maximum atomic E-state index is 11.2. The highest BCUT2D eigenvalue weighted by atomic mass is 79.9. The number of nitrogens with zero attached hydrogens (tertiary/aromatic N) is 1. The summed E-state index contributed by atoms with van der Waals surface area (Å²) in [6.07, 6.45) is 2.15. The number of ether oxygens (including phenoxy) is 1. The Morgan fingerprint density at radius 2 is 2.30 bits per heavy atom. The highest BCUT2D eigenvalue weighted by Crippen LogP contribution is 2.32. The van der Waals surface area contributed by atoms with Gasteiger partial charge in [-0.1, -0.05) is 0 Å². The number of hydrogen-bond donors (Lipinski definition) is 2. The summed E-state index contributed by atoms with van der Waals surface area (Å²) in [7, 11) is 1.74. The van der Waals surface area contributed by atoms with Crippen LogP contribution >= 0.6 is 15.9 Å². The van der Waals surface area contributed by atoms with Crippen molar-refractivity contribution in [2.45, 2.75) is 25.0 Å². The zero-order valence-corrected chi connectivity index (χ0v) is 13.1. The SMILES string of the molecule is COC1CCN(c2ccc(C(N)=O)cc2Br)C(CN)C1. The molecule has 1 aliphatic rings. The number of carbonyl (C=O) groups is 1. The lowest BCUT2D eigenvalue weighted by Gasteiger charge is -2.40. The predicted molar refractivity (Wildman–Crippen MR) is 82.9 cm³/mol. The van der Waals surface area contributed by atoms with Crippen LogP contribution in [0.1, 0.15) is 23.2 Å². The van der Waals surface area contributed by atoms with Crippen molar-refractivity contribution in [3.63, 3.8) is 0 Å². The van der Waals surface area contributed by atoms with Crippen molar-refractivity contribution in [3.8, 4) is 0 Å². The third-order valence-corrected chi connectivity index (χ3v) is 4.45. The van der Waals surface area contributed by atoms with Crippen molar-refractivity contribution >= 4 is 27.5 Å². The Hall–Kier alpha value is -1.11. The summed E-state index contributed by atoms with van der Waals surface area (Å²) < 4.78 is 6.30. The molecule has 1 heterocycles. The van der Waals surface area contributed by atoms with E-state index in [1.165, 1.54) is 0 Å². The smallest absolute Gasteiger partial charge is 0.248 e. The number of amides is 1.